The van der Waals surface area contributed by atoms with Crippen LogP contribution in [0.25, 0.3) is 11.3 Å². The van der Waals surface area contributed by atoms with E-state index in [4.69, 9.17) is 0 Å². The van der Waals surface area contributed by atoms with E-state index < -0.39 is 0 Å². The molecule has 0 amide bonds. The van der Waals surface area contributed by atoms with E-state index in [2.05, 4.69) is 60.3 Å². The number of hydrogen-bond acceptors (Lipinski definition) is 9. The molecule has 4 aromatic rings. The number of benzene rings is 1. The number of hydrogen-bond donors (Lipinski definition) is 3. The Morgan fingerprint density at radius 2 is 2.03 bits per heavy atom. The Balaban J connectivity index is 1.51. The molecular formula is C22H25N11. The summed E-state index contributed by atoms with van der Waals surface area (Å²) >= 11 is 0. The van der Waals surface area contributed by atoms with Crippen molar-refractivity contribution in [3.8, 4) is 11.8 Å². The SMILES string of the molecule is CNCCN(C)c1ccc(Nc2cc(NC3CC3)n3ncc(C#N)c3n2)cc1-n1cnnc1. The summed E-state index contributed by atoms with van der Waals surface area (Å²) in [5.41, 5.74) is 3.81. The van der Waals surface area contributed by atoms with Gasteiger partial charge in [-0.25, -0.2) is 4.98 Å². The number of anilines is 4. The van der Waals surface area contributed by atoms with Crippen molar-refractivity contribution < 1.29 is 0 Å². The fourth-order valence-corrected chi connectivity index (χ4v) is 3.65. The molecule has 5 rings (SSSR count). The Labute approximate surface area is 191 Å². The van der Waals surface area contributed by atoms with Crippen LogP contribution in [0, 0.1) is 11.3 Å². The number of nitrogens with one attached hydrogen (secondary N) is 3. The summed E-state index contributed by atoms with van der Waals surface area (Å²) in [7, 11) is 4.00. The molecule has 3 aromatic heterocycles. The summed E-state index contributed by atoms with van der Waals surface area (Å²) < 4.78 is 3.57. The van der Waals surface area contributed by atoms with E-state index in [1.54, 1.807) is 23.4 Å². The third-order valence-corrected chi connectivity index (χ3v) is 5.57. The van der Waals surface area contributed by atoms with Gasteiger partial charge in [0.2, 0.25) is 0 Å². The summed E-state index contributed by atoms with van der Waals surface area (Å²) in [6.07, 6.45) is 7.17. The number of nitrogens with zero attached hydrogens (tertiary/aromatic N) is 8. The monoisotopic (exact) mass is 443 g/mol. The zero-order valence-corrected chi connectivity index (χ0v) is 18.5. The molecule has 3 heterocycles. The Kier molecular flexibility index (Phi) is 5.50. The highest BCUT2D eigenvalue weighted by Crippen LogP contribution is 2.30. The number of aromatic nitrogens is 6. The average Bonchev–Trinajstić information content (AvgIpc) is 3.30. The van der Waals surface area contributed by atoms with Crippen LogP contribution in [-0.4, -0.2) is 62.6 Å². The number of fused-ring (bicyclic) bond motifs is 1. The molecule has 1 aliphatic rings. The largest absolute Gasteiger partial charge is 0.372 e. The van der Waals surface area contributed by atoms with Crippen LogP contribution in [0.4, 0.5) is 23.0 Å². The molecule has 0 bridgehead atoms. The van der Waals surface area contributed by atoms with Crippen LogP contribution in [0.2, 0.25) is 0 Å². The molecule has 1 saturated carbocycles. The molecule has 0 aliphatic heterocycles. The second-order valence-corrected chi connectivity index (χ2v) is 8.07. The quantitative estimate of drug-likeness (QED) is 0.357. The fourth-order valence-electron chi connectivity index (χ4n) is 3.65. The topological polar surface area (TPSA) is 124 Å². The molecule has 1 aliphatic carbocycles. The molecule has 11 heteroatoms. The molecule has 3 N–H and O–H groups in total. The summed E-state index contributed by atoms with van der Waals surface area (Å²) in [4.78, 5) is 6.84. The smallest absolute Gasteiger partial charge is 0.177 e. The van der Waals surface area contributed by atoms with Crippen LogP contribution in [0.3, 0.4) is 0 Å². The van der Waals surface area contributed by atoms with Crippen molar-refractivity contribution in [2.24, 2.45) is 0 Å². The van der Waals surface area contributed by atoms with E-state index in [0.717, 1.165) is 48.8 Å². The Hall–Kier alpha value is -4.17. The highest BCUT2D eigenvalue weighted by Gasteiger charge is 2.23. The summed E-state index contributed by atoms with van der Waals surface area (Å²) in [5, 5.41) is 31.8. The van der Waals surface area contributed by atoms with Gasteiger partial charge in [0, 0.05) is 37.9 Å². The van der Waals surface area contributed by atoms with Crippen molar-refractivity contribution in [2.45, 2.75) is 18.9 Å². The van der Waals surface area contributed by atoms with Crippen LogP contribution < -0.4 is 20.9 Å². The predicted octanol–water partition coefficient (Wildman–Crippen LogP) is 2.16. The second kappa shape index (κ2) is 8.76. The standard InChI is InChI=1S/C22H25N11/c1-24-7-8-31(2)18-6-5-17(9-19(18)32-13-25-26-14-32)28-20-10-21(29-16-3-4-16)33-22(30-20)15(11-23)12-27-33/h5-6,9-10,12-14,16,24,29H,3-4,7-8H2,1-2H3,(H,28,30). The van der Waals surface area contributed by atoms with Gasteiger partial charge in [-0.2, -0.15) is 14.9 Å². The average molecular weight is 444 g/mol. The molecule has 168 valence electrons. The maximum Gasteiger partial charge on any atom is 0.177 e. The van der Waals surface area contributed by atoms with Crippen molar-refractivity contribution in [3.05, 3.63) is 48.7 Å². The highest BCUT2D eigenvalue weighted by molar-refractivity contribution is 5.72. The Morgan fingerprint density at radius 1 is 1.21 bits per heavy atom. The lowest BCUT2D eigenvalue weighted by atomic mass is 10.2. The van der Waals surface area contributed by atoms with Crippen LogP contribution in [-0.2, 0) is 0 Å². The van der Waals surface area contributed by atoms with Crippen molar-refractivity contribution in [1.29, 1.82) is 5.26 Å². The lowest BCUT2D eigenvalue weighted by Crippen LogP contribution is -2.27. The van der Waals surface area contributed by atoms with Crippen LogP contribution >= 0.6 is 0 Å². The first-order valence-corrected chi connectivity index (χ1v) is 10.8. The van der Waals surface area contributed by atoms with E-state index in [0.29, 0.717) is 23.1 Å². The van der Waals surface area contributed by atoms with Gasteiger partial charge in [-0.1, -0.05) is 0 Å². The molecule has 33 heavy (non-hydrogen) atoms. The molecular weight excluding hydrogens is 418 g/mol. The molecule has 1 fully saturated rings. The van der Waals surface area contributed by atoms with E-state index in [1.165, 1.54) is 0 Å². The first-order valence-electron chi connectivity index (χ1n) is 10.8. The van der Waals surface area contributed by atoms with Crippen LogP contribution in [0.5, 0.6) is 0 Å². The third kappa shape index (κ3) is 4.28. The van der Waals surface area contributed by atoms with E-state index in [1.807, 2.05) is 29.8 Å². The minimum atomic E-state index is 0.434. The van der Waals surface area contributed by atoms with E-state index in [9.17, 15) is 5.26 Å². The lowest BCUT2D eigenvalue weighted by Gasteiger charge is -2.23. The van der Waals surface area contributed by atoms with Gasteiger partial charge in [-0.05, 0) is 38.1 Å². The van der Waals surface area contributed by atoms with Crippen molar-refractivity contribution in [2.75, 3.05) is 42.7 Å². The first-order chi connectivity index (χ1) is 16.2. The number of likely N-dealkylation sites (N-methyl/N-ethyl adjacent to an activating group) is 2. The Morgan fingerprint density at radius 3 is 2.76 bits per heavy atom. The van der Waals surface area contributed by atoms with Gasteiger partial charge in [-0.3, -0.25) is 4.57 Å². The maximum atomic E-state index is 9.47. The fraction of sp³-hybridized carbons (Fsp3) is 0.318. The minimum absolute atomic E-state index is 0.434. The van der Waals surface area contributed by atoms with Gasteiger partial charge >= 0.3 is 0 Å². The van der Waals surface area contributed by atoms with Crippen molar-refractivity contribution >= 4 is 28.7 Å². The maximum absolute atomic E-state index is 9.47. The van der Waals surface area contributed by atoms with Gasteiger partial charge in [0.25, 0.3) is 0 Å². The molecule has 0 saturated heterocycles. The van der Waals surface area contributed by atoms with Gasteiger partial charge in [0.15, 0.2) is 5.65 Å². The molecule has 0 radical (unpaired) electrons. The third-order valence-electron chi connectivity index (χ3n) is 5.57. The normalized spacial score (nSPS) is 13.1. The van der Waals surface area contributed by atoms with Crippen molar-refractivity contribution in [1.82, 2.24) is 34.7 Å². The summed E-state index contributed by atoms with van der Waals surface area (Å²) in [6.45, 7) is 1.72. The molecule has 0 unspecified atom stereocenters. The zero-order valence-electron chi connectivity index (χ0n) is 18.5. The predicted molar refractivity (Wildman–Crippen MR) is 126 cm³/mol. The van der Waals surface area contributed by atoms with Gasteiger partial charge in [-0.15, -0.1) is 10.2 Å². The number of rotatable bonds is 9. The zero-order chi connectivity index (χ0) is 22.8. The van der Waals surface area contributed by atoms with Gasteiger partial charge < -0.3 is 20.9 Å². The van der Waals surface area contributed by atoms with Crippen molar-refractivity contribution in [3.63, 3.8) is 0 Å². The first kappa shape index (κ1) is 20.7. The summed E-state index contributed by atoms with van der Waals surface area (Å²) in [5.74, 6) is 1.45. The molecule has 0 atom stereocenters. The van der Waals surface area contributed by atoms with Gasteiger partial charge in [0.05, 0.1) is 17.6 Å². The summed E-state index contributed by atoms with van der Waals surface area (Å²) in [6, 6.07) is 10.6. The molecule has 11 nitrogen and oxygen atoms in total. The van der Waals surface area contributed by atoms with Gasteiger partial charge in [0.1, 0.15) is 35.9 Å². The van der Waals surface area contributed by atoms with E-state index in [-0.39, 0.29) is 0 Å². The molecule has 0 spiro atoms. The highest BCUT2D eigenvalue weighted by atomic mass is 15.3. The Bertz CT molecular complexity index is 1300. The minimum Gasteiger partial charge on any atom is -0.372 e. The van der Waals surface area contributed by atoms with Crippen LogP contribution in [0.15, 0.2) is 43.1 Å². The number of nitriles is 1. The lowest BCUT2D eigenvalue weighted by molar-refractivity contribution is 0.766. The molecule has 1 aromatic carbocycles. The van der Waals surface area contributed by atoms with Crippen LogP contribution in [0.1, 0.15) is 18.4 Å². The van der Waals surface area contributed by atoms with E-state index >= 15 is 0 Å². The second-order valence-electron chi connectivity index (χ2n) is 8.07.